The number of halogens is 2. The number of aliphatic carboxylic acids is 1. The summed E-state index contributed by atoms with van der Waals surface area (Å²) in [7, 11) is 0. The van der Waals surface area contributed by atoms with Crippen LogP contribution in [-0.4, -0.2) is 63.6 Å². The van der Waals surface area contributed by atoms with Crippen LogP contribution in [0.15, 0.2) is 36.5 Å². The number of benzene rings is 1. The molecule has 3 atom stereocenters. The number of urea groups is 1. The maximum absolute atomic E-state index is 13.4. The lowest BCUT2D eigenvalue weighted by Crippen LogP contribution is -2.77. The fraction of sp³-hybridized carbons (Fsp3) is 0.429. The molecule has 3 N–H and O–H groups in total. The van der Waals surface area contributed by atoms with Crippen molar-refractivity contribution in [1.29, 1.82) is 0 Å². The number of anilines is 1. The van der Waals surface area contributed by atoms with E-state index in [9.17, 15) is 37.9 Å². The second-order valence-corrected chi connectivity index (χ2v) is 10.4. The van der Waals surface area contributed by atoms with E-state index in [2.05, 4.69) is 25.1 Å². The summed E-state index contributed by atoms with van der Waals surface area (Å²) in [5, 5.41) is 15.1. The van der Waals surface area contributed by atoms with E-state index in [0.717, 1.165) is 0 Å². The number of pyridine rings is 1. The van der Waals surface area contributed by atoms with Gasteiger partial charge in [0.1, 0.15) is 5.82 Å². The van der Waals surface area contributed by atoms with Gasteiger partial charge in [-0.2, -0.15) is 0 Å². The molecule has 0 spiro atoms. The Kier molecular flexibility index (Phi) is 8.92. The number of carbonyl (C=O) groups is 5. The van der Waals surface area contributed by atoms with E-state index in [1.165, 1.54) is 50.4 Å². The fourth-order valence-electron chi connectivity index (χ4n) is 4.91. The highest BCUT2D eigenvalue weighted by atomic mass is 19.3. The van der Waals surface area contributed by atoms with E-state index in [-0.39, 0.29) is 30.2 Å². The molecule has 14 nitrogen and oxygen atoms in total. The van der Waals surface area contributed by atoms with Gasteiger partial charge in [-0.25, -0.2) is 24.3 Å². The molecule has 1 aromatic carbocycles. The van der Waals surface area contributed by atoms with Crippen molar-refractivity contribution in [1.82, 2.24) is 15.2 Å². The minimum absolute atomic E-state index is 0.0248. The van der Waals surface area contributed by atoms with Gasteiger partial charge in [-0.1, -0.05) is 26.8 Å². The van der Waals surface area contributed by atoms with E-state index in [1.54, 1.807) is 13.8 Å². The number of β-lactam (4-membered cyclic amide) rings is 1. The first kappa shape index (κ1) is 31.9. The number of amides is 4. The van der Waals surface area contributed by atoms with Crippen LogP contribution in [0.5, 0.6) is 11.5 Å². The Morgan fingerprint density at radius 3 is 2.45 bits per heavy atom. The number of aromatic nitrogens is 1. The largest absolute Gasteiger partial charge is 0.586 e. The highest BCUT2D eigenvalue weighted by Gasteiger charge is 2.66. The van der Waals surface area contributed by atoms with Crippen LogP contribution in [0.25, 0.3) is 0 Å². The molecule has 4 rings (SSSR count). The summed E-state index contributed by atoms with van der Waals surface area (Å²) < 4.78 is 45.1. The van der Waals surface area contributed by atoms with Gasteiger partial charge in [0.25, 0.3) is 0 Å². The Balaban J connectivity index is 1.42. The normalized spacial score (nSPS) is 20.4. The van der Waals surface area contributed by atoms with Crippen molar-refractivity contribution in [3.05, 3.63) is 47.7 Å². The number of carbonyl (C=O) groups excluding carboxylic acids is 4. The predicted molar refractivity (Wildman–Crippen MR) is 144 cm³/mol. The number of alkyl halides is 2. The number of likely N-dealkylation sites (tertiary alicyclic amines) is 1. The van der Waals surface area contributed by atoms with Gasteiger partial charge in [0.05, 0.1) is 17.9 Å². The molecule has 44 heavy (non-hydrogen) atoms. The zero-order valence-electron chi connectivity index (χ0n) is 24.1. The zero-order valence-corrected chi connectivity index (χ0v) is 24.1. The van der Waals surface area contributed by atoms with Crippen LogP contribution in [0.2, 0.25) is 0 Å². The number of fused-ring (bicyclic) bond motifs is 1. The van der Waals surface area contributed by atoms with Gasteiger partial charge in [0.15, 0.2) is 17.0 Å². The van der Waals surface area contributed by atoms with Crippen molar-refractivity contribution < 1.29 is 56.8 Å². The number of nitrogens with zero attached hydrogens (tertiary/aromatic N) is 2. The Labute approximate surface area is 249 Å². The Bertz CT molecular complexity index is 1490. The smallest absolute Gasteiger partial charge is 0.479 e. The summed E-state index contributed by atoms with van der Waals surface area (Å²) in [5.74, 6) is -4.66. The Hall–Kier alpha value is -5.02. The molecule has 1 aromatic heterocycles. The number of hydrogen-bond acceptors (Lipinski definition) is 10. The number of nitrogens with one attached hydrogen (secondary N) is 2. The first-order chi connectivity index (χ1) is 20.7. The lowest BCUT2D eigenvalue weighted by atomic mass is 9.68. The number of esters is 1. The molecule has 2 aliphatic heterocycles. The number of ether oxygens (including phenoxy) is 4. The highest BCUT2D eigenvalue weighted by Crippen LogP contribution is 2.44. The summed E-state index contributed by atoms with van der Waals surface area (Å²) in [6, 6.07) is 5.02. The van der Waals surface area contributed by atoms with Crippen LogP contribution in [0.4, 0.5) is 24.2 Å². The molecule has 0 aliphatic carbocycles. The van der Waals surface area contributed by atoms with Gasteiger partial charge in [-0.05, 0) is 55.2 Å². The van der Waals surface area contributed by atoms with Crippen molar-refractivity contribution in [2.45, 2.75) is 58.4 Å². The second-order valence-electron chi connectivity index (χ2n) is 10.4. The summed E-state index contributed by atoms with van der Waals surface area (Å²) in [5.41, 5.74) is -1.12. The predicted octanol–water partition coefficient (Wildman–Crippen LogP) is 3.81. The van der Waals surface area contributed by atoms with Gasteiger partial charge in [0.2, 0.25) is 12.7 Å². The second kappa shape index (κ2) is 12.3. The first-order valence-electron chi connectivity index (χ1n) is 13.5. The Morgan fingerprint density at radius 1 is 1.09 bits per heavy atom. The third kappa shape index (κ3) is 6.33. The van der Waals surface area contributed by atoms with Gasteiger partial charge in [0, 0.05) is 6.20 Å². The molecule has 0 radical (unpaired) electrons. The van der Waals surface area contributed by atoms with E-state index in [4.69, 9.17) is 9.47 Å². The van der Waals surface area contributed by atoms with Crippen molar-refractivity contribution >= 4 is 35.8 Å². The third-order valence-electron chi connectivity index (χ3n) is 7.23. The van der Waals surface area contributed by atoms with Crippen LogP contribution < -0.4 is 20.1 Å². The average molecular weight is 621 g/mol. The molecule has 1 saturated heterocycles. The quantitative estimate of drug-likeness (QED) is 0.199. The zero-order chi connectivity index (χ0) is 32.4. The lowest BCUT2D eigenvalue weighted by molar-refractivity contribution is -0.286. The van der Waals surface area contributed by atoms with Crippen LogP contribution in [0.3, 0.4) is 0 Å². The van der Waals surface area contributed by atoms with Gasteiger partial charge in [-0.3, -0.25) is 14.9 Å². The topological polar surface area (TPSA) is 183 Å². The molecule has 1 fully saturated rings. The molecular formula is C28H30F2N4O10. The third-order valence-corrected chi connectivity index (χ3v) is 7.23. The van der Waals surface area contributed by atoms with Crippen LogP contribution in [0.1, 0.15) is 51.3 Å². The molecule has 0 bridgehead atoms. The molecule has 2 aliphatic rings. The average Bonchev–Trinajstić information content (AvgIpc) is 3.26. The SMILES string of the molecule is CC[C@@]1(C(=O)O)[C@@H](Cc2ccnc(NC(=O)OCOC(=O)C(C)C)c2)C(=O)N1C(=O)N[C@H](C)c1ccc2c(c1)OC(F)(F)O2. The summed E-state index contributed by atoms with van der Waals surface area (Å²) >= 11 is 0. The lowest BCUT2D eigenvalue weighted by Gasteiger charge is -2.53. The van der Waals surface area contributed by atoms with Gasteiger partial charge in [-0.15, -0.1) is 8.78 Å². The van der Waals surface area contributed by atoms with E-state index < -0.39 is 66.5 Å². The van der Waals surface area contributed by atoms with Crippen LogP contribution >= 0.6 is 0 Å². The fourth-order valence-corrected chi connectivity index (χ4v) is 4.91. The van der Waals surface area contributed by atoms with E-state index in [0.29, 0.717) is 16.0 Å². The Morgan fingerprint density at radius 2 is 1.80 bits per heavy atom. The molecule has 4 amide bonds. The first-order valence-corrected chi connectivity index (χ1v) is 13.5. The molecule has 3 heterocycles. The number of carboxylic acids is 1. The summed E-state index contributed by atoms with van der Waals surface area (Å²) in [6.07, 6.45) is -3.68. The number of imide groups is 1. The summed E-state index contributed by atoms with van der Waals surface area (Å²) in [4.78, 5) is 67.2. The molecule has 0 unspecified atom stereocenters. The van der Waals surface area contributed by atoms with Crippen LogP contribution in [-0.2, 0) is 30.3 Å². The molecular weight excluding hydrogens is 590 g/mol. The van der Waals surface area contributed by atoms with Gasteiger partial charge >= 0.3 is 30.4 Å². The number of carboxylic acid groups (broad SMARTS) is 1. The van der Waals surface area contributed by atoms with E-state index in [1.807, 2.05) is 0 Å². The minimum atomic E-state index is -3.83. The maximum atomic E-state index is 13.4. The standard InChI is InChI=1S/C28H30F2N4O10/c1-5-27(24(37)38)18(10-16-8-9-31-21(11-16)33-26(40)42-13-41-23(36)14(2)3)22(35)34(27)25(39)32-15(4)17-6-7-19-20(12-17)44-28(29,30)43-19/h6-9,11-12,14-15,18H,5,10,13H2,1-4H3,(H,32,39)(H,37,38)(H,31,33,40)/t15-,18+,27+/m1/s1. The molecule has 16 heteroatoms. The van der Waals surface area contributed by atoms with E-state index >= 15 is 0 Å². The van der Waals surface area contributed by atoms with Crippen molar-refractivity contribution in [2.24, 2.45) is 11.8 Å². The van der Waals surface area contributed by atoms with Crippen LogP contribution in [0, 0.1) is 11.8 Å². The number of rotatable bonds is 10. The van der Waals surface area contributed by atoms with Crippen molar-refractivity contribution in [2.75, 3.05) is 12.1 Å². The highest BCUT2D eigenvalue weighted by molar-refractivity contribution is 6.10. The number of hydrogen-bond donors (Lipinski definition) is 3. The van der Waals surface area contributed by atoms with Gasteiger partial charge < -0.3 is 29.4 Å². The van der Waals surface area contributed by atoms with Crippen molar-refractivity contribution in [3.63, 3.8) is 0 Å². The molecule has 2 aromatic rings. The van der Waals surface area contributed by atoms with Crippen molar-refractivity contribution in [3.8, 4) is 11.5 Å². The summed E-state index contributed by atoms with van der Waals surface area (Å²) in [6.45, 7) is 5.66. The molecule has 236 valence electrons. The minimum Gasteiger partial charge on any atom is -0.479 e. The maximum Gasteiger partial charge on any atom is 0.586 e. The molecule has 0 saturated carbocycles. The monoisotopic (exact) mass is 620 g/mol.